The normalized spacial score (nSPS) is 18.9. The van der Waals surface area contributed by atoms with Gasteiger partial charge in [0.2, 0.25) is 5.91 Å². The molecule has 2 amide bonds. The van der Waals surface area contributed by atoms with Gasteiger partial charge in [0.15, 0.2) is 17.9 Å². The third kappa shape index (κ3) is 4.32. The highest BCUT2D eigenvalue weighted by atomic mass is 32.1. The summed E-state index contributed by atoms with van der Waals surface area (Å²) < 4.78 is 35.1. The van der Waals surface area contributed by atoms with Gasteiger partial charge in [-0.1, -0.05) is 12.1 Å². The fraction of sp³-hybridized carbons (Fsp3) is 0.222. The maximum atomic E-state index is 14.0. The van der Waals surface area contributed by atoms with Crippen molar-refractivity contribution in [3.63, 3.8) is 0 Å². The average molecular weight is 521 g/mol. The van der Waals surface area contributed by atoms with Crippen molar-refractivity contribution in [3.05, 3.63) is 87.7 Å². The number of fused-ring (bicyclic) bond motifs is 1. The highest BCUT2D eigenvalue weighted by Crippen LogP contribution is 2.38. The molecule has 4 heterocycles. The average Bonchev–Trinajstić information content (AvgIpc) is 3.66. The summed E-state index contributed by atoms with van der Waals surface area (Å²) >= 11 is 1.51. The topological polar surface area (TPSA) is 76.5 Å². The molecular formula is C27H22F2N4O3S. The van der Waals surface area contributed by atoms with Crippen molar-refractivity contribution in [3.8, 4) is 16.9 Å². The number of carbonyl (C=O) groups is 2. The van der Waals surface area contributed by atoms with Crippen LogP contribution in [0.25, 0.3) is 16.9 Å². The van der Waals surface area contributed by atoms with Crippen LogP contribution in [-0.2, 0) is 27.2 Å². The zero-order chi connectivity index (χ0) is 25.7. The van der Waals surface area contributed by atoms with E-state index < -0.39 is 24.0 Å². The SMILES string of the molecule is C[C@H]1O[C@@H](c2cn(-c3ccc(F)c(F)c3)nc2-c2ccsc2)N(CCc2ccc3c(c2)CC(=O)N3)C1=O. The molecule has 1 N–H and O–H groups in total. The van der Waals surface area contributed by atoms with Crippen molar-refractivity contribution in [2.75, 3.05) is 11.9 Å². The van der Waals surface area contributed by atoms with Gasteiger partial charge in [-0.2, -0.15) is 16.4 Å². The molecule has 0 bridgehead atoms. The first-order valence-electron chi connectivity index (χ1n) is 11.8. The van der Waals surface area contributed by atoms with Crippen molar-refractivity contribution in [2.24, 2.45) is 0 Å². The van der Waals surface area contributed by atoms with Crippen LogP contribution in [0, 0.1) is 11.6 Å². The smallest absolute Gasteiger partial charge is 0.253 e. The van der Waals surface area contributed by atoms with Gasteiger partial charge in [-0.15, -0.1) is 0 Å². The Bertz CT molecular complexity index is 1520. The van der Waals surface area contributed by atoms with Crippen molar-refractivity contribution in [2.45, 2.75) is 32.1 Å². The van der Waals surface area contributed by atoms with E-state index >= 15 is 0 Å². The molecule has 0 unspecified atom stereocenters. The fourth-order valence-corrected chi connectivity index (χ4v) is 5.42. The number of halogens is 2. The van der Waals surface area contributed by atoms with Crippen LogP contribution in [0.3, 0.4) is 0 Å². The number of rotatable bonds is 6. The number of thiophene rings is 1. The van der Waals surface area contributed by atoms with Crippen LogP contribution in [0.15, 0.2) is 59.4 Å². The lowest BCUT2D eigenvalue weighted by Gasteiger charge is -2.23. The molecule has 0 saturated carbocycles. The van der Waals surface area contributed by atoms with E-state index in [1.54, 1.807) is 18.0 Å². The maximum Gasteiger partial charge on any atom is 0.253 e. The first-order chi connectivity index (χ1) is 17.9. The third-order valence-corrected chi connectivity index (χ3v) is 7.34. The summed E-state index contributed by atoms with van der Waals surface area (Å²) in [5, 5.41) is 11.4. The summed E-state index contributed by atoms with van der Waals surface area (Å²) in [4.78, 5) is 26.5. The van der Waals surface area contributed by atoms with Gasteiger partial charge in [-0.25, -0.2) is 13.5 Å². The van der Waals surface area contributed by atoms with E-state index in [1.165, 1.54) is 22.1 Å². The van der Waals surface area contributed by atoms with Gasteiger partial charge >= 0.3 is 0 Å². The molecule has 2 aromatic carbocycles. The van der Waals surface area contributed by atoms with Crippen molar-refractivity contribution in [1.29, 1.82) is 0 Å². The van der Waals surface area contributed by atoms with Crippen LogP contribution in [0.2, 0.25) is 0 Å². The quantitative estimate of drug-likeness (QED) is 0.394. The Balaban J connectivity index is 1.33. The Hall–Kier alpha value is -3.89. The molecule has 7 nitrogen and oxygen atoms in total. The minimum atomic E-state index is -0.972. The van der Waals surface area contributed by atoms with Crippen LogP contribution in [0.4, 0.5) is 14.5 Å². The summed E-state index contributed by atoms with van der Waals surface area (Å²) in [6.07, 6.45) is 1.28. The molecular weight excluding hydrogens is 498 g/mol. The second kappa shape index (κ2) is 9.20. The van der Waals surface area contributed by atoms with E-state index in [0.717, 1.165) is 34.5 Å². The van der Waals surface area contributed by atoms with Gasteiger partial charge in [0.1, 0.15) is 11.8 Å². The van der Waals surface area contributed by atoms with E-state index in [1.807, 2.05) is 35.0 Å². The third-order valence-electron chi connectivity index (χ3n) is 6.65. The monoisotopic (exact) mass is 520 g/mol. The molecule has 2 aromatic heterocycles. The summed E-state index contributed by atoms with van der Waals surface area (Å²) in [6.45, 7) is 2.11. The molecule has 0 radical (unpaired) electrons. The number of nitrogens with zero attached hydrogens (tertiary/aromatic N) is 3. The van der Waals surface area contributed by atoms with Crippen molar-refractivity contribution in [1.82, 2.24) is 14.7 Å². The number of ether oxygens (including phenoxy) is 1. The number of anilines is 1. The van der Waals surface area contributed by atoms with Gasteiger partial charge in [-0.05, 0) is 54.1 Å². The van der Waals surface area contributed by atoms with Gasteiger partial charge in [-0.3, -0.25) is 9.59 Å². The van der Waals surface area contributed by atoms with Crippen LogP contribution in [0.1, 0.15) is 29.8 Å². The summed E-state index contributed by atoms with van der Waals surface area (Å²) in [5.74, 6) is -2.07. The van der Waals surface area contributed by atoms with Gasteiger partial charge in [0.25, 0.3) is 5.91 Å². The Morgan fingerprint density at radius 1 is 1.14 bits per heavy atom. The molecule has 1 fully saturated rings. The molecule has 188 valence electrons. The molecule has 0 aliphatic carbocycles. The van der Waals surface area contributed by atoms with Gasteiger partial charge in [0.05, 0.1) is 12.1 Å². The zero-order valence-corrected chi connectivity index (χ0v) is 20.6. The zero-order valence-electron chi connectivity index (χ0n) is 19.8. The molecule has 2 aliphatic heterocycles. The summed E-state index contributed by atoms with van der Waals surface area (Å²) in [5.41, 5.74) is 5.24. The second-order valence-electron chi connectivity index (χ2n) is 9.12. The number of amides is 2. The number of hydrogen-bond acceptors (Lipinski definition) is 5. The molecule has 2 aliphatic rings. The highest BCUT2D eigenvalue weighted by molar-refractivity contribution is 7.08. The van der Waals surface area contributed by atoms with Crippen LogP contribution >= 0.6 is 11.3 Å². The predicted molar refractivity (Wildman–Crippen MR) is 134 cm³/mol. The molecule has 10 heteroatoms. The lowest BCUT2D eigenvalue weighted by molar-refractivity contribution is -0.130. The number of nitrogens with one attached hydrogen (secondary N) is 1. The molecule has 0 spiro atoms. The number of benzene rings is 2. The van der Waals surface area contributed by atoms with Gasteiger partial charge < -0.3 is 15.0 Å². The lowest BCUT2D eigenvalue weighted by atomic mass is 10.1. The van der Waals surface area contributed by atoms with Crippen LogP contribution in [-0.4, -0.2) is 39.1 Å². The standard InChI is InChI=1S/C27H22F2N4O3S/c1-15-26(35)32(8-6-16-2-5-23-18(10-16)11-24(34)30-23)27(36-15)20-13-33(19-3-4-21(28)22(29)12-19)31-25(20)17-7-9-37-14-17/h2-5,7,9-10,12-15,27H,6,8,11H2,1H3,(H,30,34)/t15-,27+/m1/s1. The van der Waals surface area contributed by atoms with E-state index in [-0.39, 0.29) is 11.8 Å². The van der Waals surface area contributed by atoms with Crippen molar-refractivity contribution < 1.29 is 23.1 Å². The minimum Gasteiger partial charge on any atom is -0.341 e. The fourth-order valence-electron chi connectivity index (χ4n) is 4.78. The highest BCUT2D eigenvalue weighted by Gasteiger charge is 2.40. The maximum absolute atomic E-state index is 14.0. The molecule has 1 saturated heterocycles. The van der Waals surface area contributed by atoms with Crippen LogP contribution < -0.4 is 5.32 Å². The predicted octanol–water partition coefficient (Wildman–Crippen LogP) is 4.86. The first kappa shape index (κ1) is 23.5. The lowest BCUT2D eigenvalue weighted by Crippen LogP contribution is -2.32. The Morgan fingerprint density at radius 3 is 2.78 bits per heavy atom. The van der Waals surface area contributed by atoms with Crippen LogP contribution in [0.5, 0.6) is 0 Å². The van der Waals surface area contributed by atoms with E-state index in [2.05, 4.69) is 10.4 Å². The first-order valence-corrected chi connectivity index (χ1v) is 12.8. The Labute approximate surface area is 215 Å². The summed E-state index contributed by atoms with van der Waals surface area (Å²) in [7, 11) is 0. The summed E-state index contributed by atoms with van der Waals surface area (Å²) in [6, 6.07) is 11.3. The largest absolute Gasteiger partial charge is 0.341 e. The number of hydrogen-bond donors (Lipinski definition) is 1. The number of aromatic nitrogens is 2. The Kier molecular flexibility index (Phi) is 5.85. The van der Waals surface area contributed by atoms with Gasteiger partial charge in [0, 0.05) is 41.0 Å². The van der Waals surface area contributed by atoms with E-state index in [9.17, 15) is 18.4 Å². The van der Waals surface area contributed by atoms with Crippen molar-refractivity contribution >= 4 is 28.8 Å². The Morgan fingerprint density at radius 2 is 2.00 bits per heavy atom. The van der Waals surface area contributed by atoms with E-state index in [0.29, 0.717) is 36.3 Å². The molecule has 4 aromatic rings. The second-order valence-corrected chi connectivity index (χ2v) is 9.90. The minimum absolute atomic E-state index is 0.0248. The molecule has 6 rings (SSSR count). The molecule has 37 heavy (non-hydrogen) atoms. The molecule has 2 atom stereocenters. The van der Waals surface area contributed by atoms with E-state index in [4.69, 9.17) is 4.74 Å². The number of carbonyl (C=O) groups excluding carboxylic acids is 2.